The van der Waals surface area contributed by atoms with Gasteiger partial charge in [-0.05, 0) is 38.5 Å². The van der Waals surface area contributed by atoms with E-state index in [4.69, 9.17) is 0 Å². The Kier molecular flexibility index (Phi) is 2.39. The van der Waals surface area contributed by atoms with Gasteiger partial charge in [0, 0.05) is 0 Å². The van der Waals surface area contributed by atoms with Crippen LogP contribution in [0.1, 0.15) is 19.4 Å². The molecule has 86 valence electrons. The lowest BCUT2D eigenvalue weighted by molar-refractivity contribution is 0.0617. The lowest BCUT2D eigenvalue weighted by atomic mass is 10.1. The van der Waals surface area contributed by atoms with Crippen molar-refractivity contribution >= 4 is 11.0 Å². The summed E-state index contributed by atoms with van der Waals surface area (Å²) in [6.45, 7) is 5.64. The van der Waals surface area contributed by atoms with Gasteiger partial charge in [-0.1, -0.05) is 6.07 Å². The minimum Gasteiger partial charge on any atom is -0.389 e. The molecule has 0 aliphatic rings. The minimum atomic E-state index is -0.899. The molecule has 0 radical (unpaired) electrons. The largest absolute Gasteiger partial charge is 0.389 e. The van der Waals surface area contributed by atoms with Crippen molar-refractivity contribution in [3.05, 3.63) is 34.2 Å². The zero-order valence-corrected chi connectivity index (χ0v) is 9.74. The van der Waals surface area contributed by atoms with Crippen LogP contribution < -0.4 is 5.69 Å². The van der Waals surface area contributed by atoms with E-state index in [1.54, 1.807) is 18.4 Å². The van der Waals surface area contributed by atoms with Crippen molar-refractivity contribution in [2.75, 3.05) is 0 Å². The van der Waals surface area contributed by atoms with Crippen molar-refractivity contribution in [3.8, 4) is 0 Å². The summed E-state index contributed by atoms with van der Waals surface area (Å²) in [7, 11) is 0. The average Bonchev–Trinajstić information content (AvgIpc) is 2.40. The normalized spacial score (nSPS) is 12.2. The Hall–Kier alpha value is -1.55. The second-order valence-electron chi connectivity index (χ2n) is 4.85. The molecule has 0 aliphatic heterocycles. The lowest BCUT2D eigenvalue weighted by Crippen LogP contribution is -2.31. The Labute approximate surface area is 93.5 Å². The van der Waals surface area contributed by atoms with E-state index in [0.29, 0.717) is 0 Å². The quantitative estimate of drug-likeness (QED) is 0.804. The van der Waals surface area contributed by atoms with E-state index in [2.05, 4.69) is 4.98 Å². The second-order valence-corrected chi connectivity index (χ2v) is 4.85. The van der Waals surface area contributed by atoms with Gasteiger partial charge in [0.2, 0.25) is 0 Å². The first-order chi connectivity index (χ1) is 7.37. The Morgan fingerprint density at radius 2 is 2.12 bits per heavy atom. The summed E-state index contributed by atoms with van der Waals surface area (Å²) < 4.78 is 1.56. The summed E-state index contributed by atoms with van der Waals surface area (Å²) in [6, 6.07) is 5.78. The fourth-order valence-electron chi connectivity index (χ4n) is 1.82. The predicted octanol–water partition coefficient (Wildman–Crippen LogP) is 1.41. The topological polar surface area (TPSA) is 58.0 Å². The molecule has 4 nitrogen and oxygen atoms in total. The molecular formula is C12H16N2O2. The van der Waals surface area contributed by atoms with Gasteiger partial charge in [0.05, 0.1) is 23.2 Å². The van der Waals surface area contributed by atoms with Gasteiger partial charge in [-0.2, -0.15) is 0 Å². The van der Waals surface area contributed by atoms with Gasteiger partial charge in [-0.25, -0.2) is 4.79 Å². The standard InChI is InChI=1S/C12H16N2O2/c1-8-4-5-10-9(6-8)13-11(15)14(10)7-12(2,3)16/h4-6,16H,7H2,1-3H3,(H,13,15). The first kappa shape index (κ1) is 11.0. The molecule has 1 aromatic heterocycles. The van der Waals surface area contributed by atoms with Crippen molar-refractivity contribution in [2.24, 2.45) is 0 Å². The number of rotatable bonds is 2. The number of aromatic amines is 1. The Balaban J connectivity index is 2.61. The molecule has 0 spiro atoms. The zero-order chi connectivity index (χ0) is 11.9. The molecule has 4 heteroatoms. The molecule has 16 heavy (non-hydrogen) atoms. The molecule has 1 aromatic carbocycles. The van der Waals surface area contributed by atoms with Crippen LogP contribution in [0.4, 0.5) is 0 Å². The first-order valence-electron chi connectivity index (χ1n) is 5.28. The SMILES string of the molecule is Cc1ccc2c(c1)[nH]c(=O)n2CC(C)(C)O. The van der Waals surface area contributed by atoms with Gasteiger partial charge >= 0.3 is 5.69 Å². The lowest BCUT2D eigenvalue weighted by Gasteiger charge is -2.17. The van der Waals surface area contributed by atoms with Crippen molar-refractivity contribution in [1.29, 1.82) is 0 Å². The van der Waals surface area contributed by atoms with Crippen LogP contribution in [-0.4, -0.2) is 20.3 Å². The van der Waals surface area contributed by atoms with E-state index in [-0.39, 0.29) is 12.2 Å². The number of hydrogen-bond acceptors (Lipinski definition) is 2. The van der Waals surface area contributed by atoms with Crippen LogP contribution in [0.25, 0.3) is 11.0 Å². The highest BCUT2D eigenvalue weighted by Gasteiger charge is 2.17. The minimum absolute atomic E-state index is 0.178. The molecule has 0 saturated heterocycles. The Morgan fingerprint density at radius 1 is 1.44 bits per heavy atom. The highest BCUT2D eigenvalue weighted by atomic mass is 16.3. The second kappa shape index (κ2) is 3.49. The van der Waals surface area contributed by atoms with E-state index in [0.717, 1.165) is 16.6 Å². The molecule has 0 bridgehead atoms. The Morgan fingerprint density at radius 3 is 2.75 bits per heavy atom. The molecule has 2 rings (SSSR count). The molecule has 2 N–H and O–H groups in total. The van der Waals surface area contributed by atoms with Crippen molar-refractivity contribution < 1.29 is 5.11 Å². The third kappa shape index (κ3) is 2.02. The maximum Gasteiger partial charge on any atom is 0.326 e. The third-order valence-electron chi connectivity index (χ3n) is 2.47. The van der Waals surface area contributed by atoms with Gasteiger partial charge < -0.3 is 10.1 Å². The van der Waals surface area contributed by atoms with E-state index >= 15 is 0 Å². The van der Waals surface area contributed by atoms with Crippen LogP contribution in [0, 0.1) is 6.92 Å². The van der Waals surface area contributed by atoms with Crippen LogP contribution in [0.3, 0.4) is 0 Å². The molecule has 2 aromatic rings. The highest BCUT2D eigenvalue weighted by molar-refractivity contribution is 5.75. The third-order valence-corrected chi connectivity index (χ3v) is 2.47. The summed E-state index contributed by atoms with van der Waals surface area (Å²) in [4.78, 5) is 14.5. The van der Waals surface area contributed by atoms with E-state index in [9.17, 15) is 9.90 Å². The number of nitrogens with one attached hydrogen (secondary N) is 1. The fraction of sp³-hybridized carbons (Fsp3) is 0.417. The molecule has 1 heterocycles. The van der Waals surface area contributed by atoms with Crippen LogP contribution >= 0.6 is 0 Å². The maximum absolute atomic E-state index is 11.7. The first-order valence-corrected chi connectivity index (χ1v) is 5.28. The highest BCUT2D eigenvalue weighted by Crippen LogP contribution is 2.14. The molecule has 0 aliphatic carbocycles. The van der Waals surface area contributed by atoms with Crippen molar-refractivity contribution in [1.82, 2.24) is 9.55 Å². The maximum atomic E-state index is 11.7. The summed E-state index contributed by atoms with van der Waals surface area (Å²) >= 11 is 0. The number of H-pyrrole nitrogens is 1. The monoisotopic (exact) mass is 220 g/mol. The average molecular weight is 220 g/mol. The van der Waals surface area contributed by atoms with E-state index < -0.39 is 5.60 Å². The van der Waals surface area contributed by atoms with Crippen LogP contribution in [-0.2, 0) is 6.54 Å². The fourth-order valence-corrected chi connectivity index (χ4v) is 1.82. The van der Waals surface area contributed by atoms with E-state index in [1.165, 1.54) is 0 Å². The number of imidazole rings is 1. The van der Waals surface area contributed by atoms with Crippen molar-refractivity contribution in [3.63, 3.8) is 0 Å². The van der Waals surface area contributed by atoms with Crippen LogP contribution in [0.15, 0.2) is 23.0 Å². The van der Waals surface area contributed by atoms with Crippen molar-refractivity contribution in [2.45, 2.75) is 32.9 Å². The Bertz CT molecular complexity index is 573. The number of aromatic nitrogens is 2. The summed E-state index contributed by atoms with van der Waals surface area (Å²) in [5, 5.41) is 9.75. The smallest absolute Gasteiger partial charge is 0.326 e. The van der Waals surface area contributed by atoms with Crippen LogP contribution in [0.5, 0.6) is 0 Å². The predicted molar refractivity (Wildman–Crippen MR) is 63.6 cm³/mol. The number of fused-ring (bicyclic) bond motifs is 1. The van der Waals surface area contributed by atoms with Gasteiger partial charge in [0.25, 0.3) is 0 Å². The molecule has 0 amide bonds. The van der Waals surface area contributed by atoms with Crippen LogP contribution in [0.2, 0.25) is 0 Å². The molecule has 0 unspecified atom stereocenters. The zero-order valence-electron chi connectivity index (χ0n) is 9.74. The van der Waals surface area contributed by atoms with Gasteiger partial charge in [0.1, 0.15) is 0 Å². The van der Waals surface area contributed by atoms with Gasteiger partial charge in [-0.15, -0.1) is 0 Å². The molecule has 0 atom stereocenters. The number of nitrogens with zero attached hydrogens (tertiary/aromatic N) is 1. The number of benzene rings is 1. The summed E-state index contributed by atoms with van der Waals surface area (Å²) in [6.07, 6.45) is 0. The summed E-state index contributed by atoms with van der Waals surface area (Å²) in [5.74, 6) is 0. The van der Waals surface area contributed by atoms with Gasteiger partial charge in [0.15, 0.2) is 0 Å². The number of hydrogen-bond donors (Lipinski definition) is 2. The van der Waals surface area contributed by atoms with E-state index in [1.807, 2.05) is 25.1 Å². The molecule has 0 saturated carbocycles. The molecular weight excluding hydrogens is 204 g/mol. The van der Waals surface area contributed by atoms with Gasteiger partial charge in [-0.3, -0.25) is 4.57 Å². The number of aliphatic hydroxyl groups is 1. The molecule has 0 fully saturated rings. The summed E-state index contributed by atoms with van der Waals surface area (Å²) in [5.41, 5.74) is 1.67. The number of aryl methyl sites for hydroxylation is 1.